The summed E-state index contributed by atoms with van der Waals surface area (Å²) >= 11 is 0. The van der Waals surface area contributed by atoms with E-state index in [1.54, 1.807) is 4.90 Å². The predicted octanol–water partition coefficient (Wildman–Crippen LogP) is 1.16. The molecule has 0 aromatic heterocycles. The van der Waals surface area contributed by atoms with Crippen LogP contribution in [-0.4, -0.2) is 66.3 Å². The van der Waals surface area contributed by atoms with E-state index in [0.717, 1.165) is 12.8 Å². The molecule has 0 aromatic rings. The highest BCUT2D eigenvalue weighted by Crippen LogP contribution is 2.32. The van der Waals surface area contributed by atoms with Crippen molar-refractivity contribution >= 4 is 6.09 Å². The Kier molecular flexibility index (Phi) is 4.56. The first-order valence-electron chi connectivity index (χ1n) is 7.18. The van der Waals surface area contributed by atoms with Crippen LogP contribution in [0.3, 0.4) is 0 Å². The Balaban J connectivity index is 2.06. The first kappa shape index (κ1) is 15.5. The van der Waals surface area contributed by atoms with Gasteiger partial charge in [-0.3, -0.25) is 0 Å². The maximum absolute atomic E-state index is 12.2. The molecule has 2 aliphatic rings. The third kappa shape index (κ3) is 3.84. The van der Waals surface area contributed by atoms with Crippen LogP contribution in [0.5, 0.6) is 0 Å². The maximum atomic E-state index is 12.2. The molecule has 1 spiro atoms. The van der Waals surface area contributed by atoms with Crippen LogP contribution < -0.4 is 0 Å². The fourth-order valence-corrected chi connectivity index (χ4v) is 2.67. The summed E-state index contributed by atoms with van der Waals surface area (Å²) in [6.45, 7) is 7.57. The molecule has 1 N–H and O–H groups in total. The topological polar surface area (TPSA) is 68.2 Å². The third-order valence-corrected chi connectivity index (χ3v) is 3.58. The van der Waals surface area contributed by atoms with E-state index in [0.29, 0.717) is 26.3 Å². The number of amides is 1. The Morgan fingerprint density at radius 2 is 2.05 bits per heavy atom. The van der Waals surface area contributed by atoms with Crippen LogP contribution in [0.4, 0.5) is 4.79 Å². The number of hydrogen-bond acceptors (Lipinski definition) is 5. The van der Waals surface area contributed by atoms with Gasteiger partial charge in [0.05, 0.1) is 31.4 Å². The molecule has 6 nitrogen and oxygen atoms in total. The zero-order valence-electron chi connectivity index (χ0n) is 12.6. The Hall–Kier alpha value is -0.850. The Labute approximate surface area is 120 Å². The maximum Gasteiger partial charge on any atom is 0.410 e. The summed E-state index contributed by atoms with van der Waals surface area (Å²) in [6.07, 6.45) is 0.783. The third-order valence-electron chi connectivity index (χ3n) is 3.58. The number of carbonyl (C=O) groups is 1. The number of nitrogens with zero attached hydrogens (tertiary/aromatic N) is 1. The predicted molar refractivity (Wildman–Crippen MR) is 72.5 cm³/mol. The van der Waals surface area contributed by atoms with Crippen molar-refractivity contribution in [2.75, 3.05) is 32.9 Å². The SMILES string of the molecule is CC(C)(C)OC(=O)N1CC(CO)OC2(CCOCC2)C1. The molecule has 0 aliphatic carbocycles. The zero-order valence-corrected chi connectivity index (χ0v) is 12.6. The lowest BCUT2D eigenvalue weighted by atomic mass is 9.91. The summed E-state index contributed by atoms with van der Waals surface area (Å²) in [6, 6.07) is 0. The molecular formula is C14H25NO5. The molecule has 1 unspecified atom stereocenters. The van der Waals surface area contributed by atoms with Crippen molar-refractivity contribution in [3.8, 4) is 0 Å². The highest BCUT2D eigenvalue weighted by Gasteiger charge is 2.44. The van der Waals surface area contributed by atoms with Crippen LogP contribution in [-0.2, 0) is 14.2 Å². The van der Waals surface area contributed by atoms with Crippen molar-refractivity contribution in [3.63, 3.8) is 0 Å². The van der Waals surface area contributed by atoms with Gasteiger partial charge in [0.1, 0.15) is 5.60 Å². The van der Waals surface area contributed by atoms with Crippen molar-refractivity contribution in [1.82, 2.24) is 4.90 Å². The number of aliphatic hydroxyl groups is 1. The van der Waals surface area contributed by atoms with E-state index in [1.165, 1.54) is 0 Å². The van der Waals surface area contributed by atoms with Crippen LogP contribution in [0.2, 0.25) is 0 Å². The minimum atomic E-state index is -0.521. The average Bonchev–Trinajstić information content (AvgIpc) is 2.37. The van der Waals surface area contributed by atoms with E-state index in [-0.39, 0.29) is 18.8 Å². The van der Waals surface area contributed by atoms with E-state index >= 15 is 0 Å². The van der Waals surface area contributed by atoms with Gasteiger partial charge < -0.3 is 24.2 Å². The van der Waals surface area contributed by atoms with E-state index in [9.17, 15) is 9.90 Å². The Morgan fingerprint density at radius 3 is 2.60 bits per heavy atom. The molecule has 2 fully saturated rings. The second-order valence-electron chi connectivity index (χ2n) is 6.58. The first-order valence-corrected chi connectivity index (χ1v) is 7.18. The molecule has 6 heteroatoms. The van der Waals surface area contributed by atoms with Gasteiger partial charge in [0.25, 0.3) is 0 Å². The smallest absolute Gasteiger partial charge is 0.410 e. The van der Waals surface area contributed by atoms with Gasteiger partial charge >= 0.3 is 6.09 Å². The summed E-state index contributed by atoms with van der Waals surface area (Å²) in [4.78, 5) is 13.9. The molecule has 0 bridgehead atoms. The average molecular weight is 287 g/mol. The summed E-state index contributed by atoms with van der Waals surface area (Å²) in [5.74, 6) is 0. The molecule has 2 heterocycles. The van der Waals surface area contributed by atoms with Gasteiger partial charge in [-0.2, -0.15) is 0 Å². The normalized spacial score (nSPS) is 26.6. The van der Waals surface area contributed by atoms with Gasteiger partial charge in [-0.25, -0.2) is 4.79 Å². The molecule has 116 valence electrons. The summed E-state index contributed by atoms with van der Waals surface area (Å²) < 4.78 is 16.8. The van der Waals surface area contributed by atoms with Crippen LogP contribution in [0, 0.1) is 0 Å². The van der Waals surface area contributed by atoms with Gasteiger partial charge in [-0.15, -0.1) is 0 Å². The molecule has 1 atom stereocenters. The van der Waals surface area contributed by atoms with E-state index in [4.69, 9.17) is 14.2 Å². The van der Waals surface area contributed by atoms with Crippen LogP contribution in [0.15, 0.2) is 0 Å². The molecule has 0 aromatic carbocycles. The van der Waals surface area contributed by atoms with Crippen molar-refractivity contribution in [2.45, 2.75) is 50.9 Å². The van der Waals surface area contributed by atoms with Crippen molar-refractivity contribution in [2.24, 2.45) is 0 Å². The minimum absolute atomic E-state index is 0.0953. The van der Waals surface area contributed by atoms with E-state index in [2.05, 4.69) is 0 Å². The highest BCUT2D eigenvalue weighted by molar-refractivity contribution is 5.68. The summed E-state index contributed by atoms with van der Waals surface area (Å²) in [5.41, 5.74) is -0.923. The van der Waals surface area contributed by atoms with Crippen LogP contribution in [0.25, 0.3) is 0 Å². The highest BCUT2D eigenvalue weighted by atomic mass is 16.6. The fourth-order valence-electron chi connectivity index (χ4n) is 2.67. The Bertz CT molecular complexity index is 346. The van der Waals surface area contributed by atoms with Crippen molar-refractivity contribution < 1.29 is 24.1 Å². The molecule has 0 saturated carbocycles. The largest absolute Gasteiger partial charge is 0.444 e. The van der Waals surface area contributed by atoms with Gasteiger partial charge in [-0.05, 0) is 20.8 Å². The zero-order chi connectivity index (χ0) is 14.8. The molecule has 2 aliphatic heterocycles. The standard InChI is InChI=1S/C14H25NO5/c1-13(2,3)20-12(17)15-8-11(9-16)19-14(10-15)4-6-18-7-5-14/h11,16H,4-10H2,1-3H3. The van der Waals surface area contributed by atoms with Gasteiger partial charge in [0.15, 0.2) is 0 Å². The molecule has 2 saturated heterocycles. The van der Waals surface area contributed by atoms with Crippen molar-refractivity contribution in [1.29, 1.82) is 0 Å². The summed E-state index contributed by atoms with van der Waals surface area (Å²) in [7, 11) is 0. The van der Waals surface area contributed by atoms with E-state index < -0.39 is 11.2 Å². The number of aliphatic hydroxyl groups excluding tert-OH is 1. The van der Waals surface area contributed by atoms with E-state index in [1.807, 2.05) is 20.8 Å². The summed E-state index contributed by atoms with van der Waals surface area (Å²) in [5, 5.41) is 9.40. The van der Waals surface area contributed by atoms with Gasteiger partial charge in [0.2, 0.25) is 0 Å². The molecule has 20 heavy (non-hydrogen) atoms. The van der Waals surface area contributed by atoms with Gasteiger partial charge in [0, 0.05) is 26.1 Å². The monoisotopic (exact) mass is 287 g/mol. The minimum Gasteiger partial charge on any atom is -0.444 e. The van der Waals surface area contributed by atoms with Crippen LogP contribution >= 0.6 is 0 Å². The number of carbonyl (C=O) groups excluding carboxylic acids is 1. The Morgan fingerprint density at radius 1 is 1.40 bits per heavy atom. The second-order valence-corrected chi connectivity index (χ2v) is 6.58. The molecular weight excluding hydrogens is 262 g/mol. The molecule has 0 radical (unpaired) electrons. The number of ether oxygens (including phenoxy) is 3. The fraction of sp³-hybridized carbons (Fsp3) is 0.929. The quantitative estimate of drug-likeness (QED) is 0.784. The van der Waals surface area contributed by atoms with Crippen molar-refractivity contribution in [3.05, 3.63) is 0 Å². The lowest BCUT2D eigenvalue weighted by molar-refractivity contribution is -0.193. The second kappa shape index (κ2) is 5.87. The van der Waals surface area contributed by atoms with Gasteiger partial charge in [-0.1, -0.05) is 0 Å². The molecule has 2 rings (SSSR count). The number of hydrogen-bond donors (Lipinski definition) is 1. The van der Waals surface area contributed by atoms with Crippen LogP contribution in [0.1, 0.15) is 33.6 Å². The number of rotatable bonds is 1. The first-order chi connectivity index (χ1) is 9.34. The lowest BCUT2D eigenvalue weighted by Gasteiger charge is -2.47. The molecule has 1 amide bonds. The lowest BCUT2D eigenvalue weighted by Crippen LogP contribution is -2.60. The number of morpholine rings is 1.